The van der Waals surface area contributed by atoms with Gasteiger partial charge in [-0.05, 0) is 46.0 Å². The number of aliphatic hydroxyl groups excluding tert-OH is 2. The summed E-state index contributed by atoms with van der Waals surface area (Å²) >= 11 is 0. The fraction of sp³-hybridized carbons (Fsp3) is 1.00. The normalized spacial score (nSPS) is 15.7. The monoisotopic (exact) mass is 946 g/mol. The first-order chi connectivity index (χ1) is 28.7. The summed E-state index contributed by atoms with van der Waals surface area (Å²) in [5, 5.41) is 19.2. The molecule has 4 unspecified atom stereocenters. The number of aliphatic hydroxyl groups is 2. The van der Waals surface area contributed by atoms with Crippen LogP contribution in [0, 0.1) is 0 Å². The minimum absolute atomic E-state index is 0.0143. The fourth-order valence-corrected chi connectivity index (χ4v) is 14.0. The molecular weight excluding hydrogens is 865 g/mol. The van der Waals surface area contributed by atoms with Gasteiger partial charge in [-0.25, -0.2) is 0 Å². The highest BCUT2D eigenvalue weighted by Crippen LogP contribution is 2.31. The summed E-state index contributed by atoms with van der Waals surface area (Å²) in [6, 6.07) is 1.38. The molecule has 0 heterocycles. The van der Waals surface area contributed by atoms with Crippen molar-refractivity contribution in [3.63, 3.8) is 0 Å². The SMILES string of the molecule is COCCC[Si](OC)(OC)OC(COCCCC(COC)(CO[Si](CCCOCC(C)O)(OC)OC)O[Si](CCCOCC(C)O)(OC)OC)CO[Si](COC)(OC)OC. The fourth-order valence-electron chi connectivity index (χ4n) is 6.03. The number of ether oxygens (including phenoxy) is 6. The summed E-state index contributed by atoms with van der Waals surface area (Å²) in [5.41, 5.74) is -1.11. The highest BCUT2D eigenvalue weighted by atomic mass is 28.4. The molecule has 0 saturated heterocycles. The van der Waals surface area contributed by atoms with Crippen molar-refractivity contribution in [3.05, 3.63) is 0 Å². The third-order valence-corrected chi connectivity index (χ3v) is 20.4. The molecular formula is C36H82O20Si4. The third-order valence-electron chi connectivity index (χ3n) is 9.30. The van der Waals surface area contributed by atoms with Crippen molar-refractivity contribution in [2.24, 2.45) is 0 Å². The molecule has 0 aliphatic heterocycles. The van der Waals surface area contributed by atoms with Crippen molar-refractivity contribution in [1.82, 2.24) is 0 Å². The van der Waals surface area contributed by atoms with Crippen LogP contribution in [-0.2, 0) is 81.5 Å². The minimum atomic E-state index is -3.39. The maximum absolute atomic E-state index is 9.64. The Morgan fingerprint density at radius 1 is 0.450 bits per heavy atom. The molecule has 0 saturated carbocycles. The average molecular weight is 947 g/mol. The molecule has 60 heavy (non-hydrogen) atoms. The second-order valence-electron chi connectivity index (χ2n) is 14.2. The predicted octanol–water partition coefficient (Wildman–Crippen LogP) is 2.33. The Morgan fingerprint density at radius 2 is 0.917 bits per heavy atom. The number of methoxy groups -OCH3 is 3. The van der Waals surface area contributed by atoms with Crippen LogP contribution in [0.1, 0.15) is 46.0 Å². The Hall–Kier alpha value is 0.0675. The Bertz CT molecular complexity index is 996. The maximum atomic E-state index is 9.64. The summed E-state index contributed by atoms with van der Waals surface area (Å²) in [7, 11) is 4.16. The van der Waals surface area contributed by atoms with E-state index >= 15 is 0 Å². The van der Waals surface area contributed by atoms with Crippen LogP contribution in [0.4, 0.5) is 0 Å². The summed E-state index contributed by atoms with van der Waals surface area (Å²) in [5.74, 6) is 0. The lowest BCUT2D eigenvalue weighted by Crippen LogP contribution is -2.58. The lowest BCUT2D eigenvalue weighted by atomic mass is 10.0. The van der Waals surface area contributed by atoms with Gasteiger partial charge in [-0.2, -0.15) is 0 Å². The molecule has 24 heteroatoms. The molecule has 0 bridgehead atoms. The third kappa shape index (κ3) is 23.8. The lowest BCUT2D eigenvalue weighted by Gasteiger charge is -2.41. The van der Waals surface area contributed by atoms with Crippen LogP contribution in [-0.4, -0.2) is 220 Å². The molecule has 0 radical (unpaired) electrons. The van der Waals surface area contributed by atoms with Crippen LogP contribution in [0.5, 0.6) is 0 Å². The van der Waals surface area contributed by atoms with Gasteiger partial charge in [-0.3, -0.25) is 0 Å². The van der Waals surface area contributed by atoms with E-state index < -0.39 is 59.1 Å². The van der Waals surface area contributed by atoms with E-state index in [9.17, 15) is 10.2 Å². The zero-order valence-electron chi connectivity index (χ0n) is 38.9. The maximum Gasteiger partial charge on any atom is 0.527 e. The van der Waals surface area contributed by atoms with E-state index in [0.29, 0.717) is 70.1 Å². The van der Waals surface area contributed by atoms with Gasteiger partial charge in [0.1, 0.15) is 11.8 Å². The van der Waals surface area contributed by atoms with Gasteiger partial charge in [-0.15, -0.1) is 0 Å². The highest BCUT2D eigenvalue weighted by molar-refractivity contribution is 6.62. The van der Waals surface area contributed by atoms with E-state index in [1.165, 1.54) is 14.2 Å². The smallest absolute Gasteiger partial charge is 0.391 e. The van der Waals surface area contributed by atoms with Gasteiger partial charge in [0.15, 0.2) is 0 Å². The molecule has 0 fully saturated rings. The first kappa shape index (κ1) is 60.1. The molecule has 0 amide bonds. The van der Waals surface area contributed by atoms with Crippen LogP contribution in [0.25, 0.3) is 0 Å². The standard InChI is InChI=1S/C36H82O20Si4/c1-33(37)26-50-21-16-23-57(42-6,43-7)54-31-36(30-40-4,56-59(46-10,47-11)25-17-22-51-27-34(2)38)18-14-20-52-28-35(29-53-60(48-12,49-13)32-41-5)55-58(44-8,45-9)24-15-19-39-3/h33-35,37-38H,14-32H2,1-13H3. The number of rotatable bonds is 44. The summed E-state index contributed by atoms with van der Waals surface area (Å²) in [6.07, 6.45) is 1.02. The molecule has 0 aliphatic carbocycles. The van der Waals surface area contributed by atoms with Crippen LogP contribution in [0.2, 0.25) is 18.1 Å². The van der Waals surface area contributed by atoms with Crippen LogP contribution in [0.3, 0.4) is 0 Å². The average Bonchev–Trinajstić information content (AvgIpc) is 3.24. The molecule has 0 aromatic carbocycles. The van der Waals surface area contributed by atoms with Gasteiger partial charge in [0.25, 0.3) is 0 Å². The molecule has 0 aromatic heterocycles. The molecule has 4 atom stereocenters. The van der Waals surface area contributed by atoms with Gasteiger partial charge < -0.3 is 91.7 Å². The lowest BCUT2D eigenvalue weighted by molar-refractivity contribution is -0.103. The van der Waals surface area contributed by atoms with Gasteiger partial charge in [0.2, 0.25) is 0 Å². The van der Waals surface area contributed by atoms with E-state index in [4.69, 9.17) is 81.5 Å². The van der Waals surface area contributed by atoms with Gasteiger partial charge in [0.05, 0.1) is 58.0 Å². The second kappa shape index (κ2) is 34.4. The number of hydrogen-bond donors (Lipinski definition) is 2. The predicted molar refractivity (Wildman–Crippen MR) is 229 cm³/mol. The molecule has 20 nitrogen and oxygen atoms in total. The summed E-state index contributed by atoms with van der Waals surface area (Å²) in [6.45, 7) is 5.61. The molecule has 0 rings (SSSR count). The zero-order chi connectivity index (χ0) is 45.4. The van der Waals surface area contributed by atoms with E-state index in [-0.39, 0.29) is 52.5 Å². The van der Waals surface area contributed by atoms with Gasteiger partial charge >= 0.3 is 35.2 Å². The largest absolute Gasteiger partial charge is 0.527 e. The van der Waals surface area contributed by atoms with Crippen molar-refractivity contribution in [3.8, 4) is 0 Å². The van der Waals surface area contributed by atoms with Crippen LogP contribution in [0.15, 0.2) is 0 Å². The quantitative estimate of drug-likeness (QED) is 0.0664. The Morgan fingerprint density at radius 3 is 1.38 bits per heavy atom. The topological polar surface area (TPSA) is 207 Å². The van der Waals surface area contributed by atoms with Crippen molar-refractivity contribution in [2.45, 2.75) is 88.0 Å². The van der Waals surface area contributed by atoms with E-state index in [1.807, 2.05) is 0 Å². The van der Waals surface area contributed by atoms with Crippen LogP contribution >= 0.6 is 0 Å². The molecule has 0 aromatic rings. The second-order valence-corrected chi connectivity index (χ2v) is 25.7. The first-order valence-corrected chi connectivity index (χ1v) is 28.1. The van der Waals surface area contributed by atoms with Gasteiger partial charge in [0, 0.05) is 123 Å². The Kier molecular flexibility index (Phi) is 34.5. The molecule has 362 valence electrons. The molecule has 2 N–H and O–H groups in total. The van der Waals surface area contributed by atoms with Crippen molar-refractivity contribution in [2.75, 3.05) is 151 Å². The van der Waals surface area contributed by atoms with Crippen molar-refractivity contribution in [1.29, 1.82) is 0 Å². The van der Waals surface area contributed by atoms with Crippen molar-refractivity contribution >= 4 is 35.2 Å². The Balaban J connectivity index is 6.43. The summed E-state index contributed by atoms with van der Waals surface area (Å²) in [4.78, 5) is 0. The highest BCUT2D eigenvalue weighted by Gasteiger charge is 2.50. The first-order valence-electron chi connectivity index (χ1n) is 20.3. The number of hydrogen-bond acceptors (Lipinski definition) is 20. The van der Waals surface area contributed by atoms with Crippen molar-refractivity contribution < 1.29 is 91.7 Å². The van der Waals surface area contributed by atoms with E-state index in [1.54, 1.807) is 77.8 Å². The van der Waals surface area contributed by atoms with Crippen LogP contribution < -0.4 is 0 Å². The van der Waals surface area contributed by atoms with E-state index in [2.05, 4.69) is 0 Å². The van der Waals surface area contributed by atoms with E-state index in [0.717, 1.165) is 0 Å². The summed E-state index contributed by atoms with van der Waals surface area (Å²) < 4.78 is 107. The molecule has 0 spiro atoms. The van der Waals surface area contributed by atoms with Gasteiger partial charge in [-0.1, -0.05) is 0 Å². The minimum Gasteiger partial charge on any atom is -0.391 e. The zero-order valence-corrected chi connectivity index (χ0v) is 42.9. The Labute approximate surface area is 364 Å². The molecule has 0 aliphatic rings.